The second-order valence-corrected chi connectivity index (χ2v) is 6.32. The number of nitrogens with one attached hydrogen (secondary N) is 1. The first kappa shape index (κ1) is 15.6. The minimum Gasteiger partial charge on any atom is -0.310 e. The average Bonchev–Trinajstić information content (AvgIpc) is 3.09. The van der Waals surface area contributed by atoms with Gasteiger partial charge in [-0.2, -0.15) is 5.10 Å². The molecular weight excluding hydrogens is 246 g/mol. The van der Waals surface area contributed by atoms with Crippen molar-refractivity contribution < 1.29 is 0 Å². The summed E-state index contributed by atoms with van der Waals surface area (Å²) in [4.78, 5) is 0. The molecule has 0 aromatic carbocycles. The van der Waals surface area contributed by atoms with Crippen molar-refractivity contribution >= 4 is 0 Å². The molecule has 1 fully saturated rings. The quantitative estimate of drug-likeness (QED) is 0.773. The van der Waals surface area contributed by atoms with Crippen LogP contribution in [0.5, 0.6) is 0 Å². The monoisotopic (exact) mass is 277 g/mol. The number of aromatic nitrogens is 2. The van der Waals surface area contributed by atoms with Gasteiger partial charge in [-0.05, 0) is 44.1 Å². The Hall–Kier alpha value is -0.830. The van der Waals surface area contributed by atoms with Gasteiger partial charge >= 0.3 is 0 Å². The second-order valence-electron chi connectivity index (χ2n) is 6.32. The van der Waals surface area contributed by atoms with Crippen LogP contribution in [0.1, 0.15) is 70.9 Å². The van der Waals surface area contributed by atoms with E-state index in [0.717, 1.165) is 31.3 Å². The molecule has 0 saturated heterocycles. The fraction of sp³-hybridized carbons (Fsp3) is 0.824. The largest absolute Gasteiger partial charge is 0.310 e. The maximum Gasteiger partial charge on any atom is 0.0537 e. The summed E-state index contributed by atoms with van der Waals surface area (Å²) < 4.78 is 2.10. The third kappa shape index (κ3) is 3.85. The Morgan fingerprint density at radius 2 is 2.15 bits per heavy atom. The van der Waals surface area contributed by atoms with Gasteiger partial charge in [0.25, 0.3) is 0 Å². The Labute approximate surface area is 124 Å². The Morgan fingerprint density at radius 3 is 2.80 bits per heavy atom. The number of rotatable bonds is 8. The molecule has 3 atom stereocenters. The van der Waals surface area contributed by atoms with Gasteiger partial charge < -0.3 is 5.32 Å². The molecule has 1 saturated carbocycles. The third-order valence-electron chi connectivity index (χ3n) is 4.71. The summed E-state index contributed by atoms with van der Waals surface area (Å²) in [6.45, 7) is 8.92. The molecule has 1 aliphatic carbocycles. The van der Waals surface area contributed by atoms with Gasteiger partial charge in [-0.1, -0.05) is 33.6 Å². The smallest absolute Gasteiger partial charge is 0.0537 e. The van der Waals surface area contributed by atoms with Gasteiger partial charge in [-0.15, -0.1) is 0 Å². The summed E-state index contributed by atoms with van der Waals surface area (Å²) in [5.74, 6) is 1.74. The van der Waals surface area contributed by atoms with Crippen LogP contribution in [0.4, 0.5) is 0 Å². The molecule has 20 heavy (non-hydrogen) atoms. The molecule has 1 N–H and O–H groups in total. The van der Waals surface area contributed by atoms with Crippen molar-refractivity contribution in [1.82, 2.24) is 15.1 Å². The van der Waals surface area contributed by atoms with Crippen molar-refractivity contribution in [2.45, 2.75) is 71.9 Å². The first-order valence-corrected chi connectivity index (χ1v) is 8.54. The van der Waals surface area contributed by atoms with E-state index in [9.17, 15) is 0 Å². The van der Waals surface area contributed by atoms with E-state index in [2.05, 4.69) is 48.3 Å². The predicted molar refractivity (Wildman–Crippen MR) is 84.7 cm³/mol. The highest BCUT2D eigenvalue weighted by molar-refractivity contribution is 5.12. The van der Waals surface area contributed by atoms with E-state index in [1.165, 1.54) is 37.7 Å². The molecular formula is C17H31N3. The zero-order valence-corrected chi connectivity index (χ0v) is 13.4. The fourth-order valence-corrected chi connectivity index (χ4v) is 3.54. The van der Waals surface area contributed by atoms with Crippen LogP contribution in [0.2, 0.25) is 0 Å². The Kier molecular flexibility index (Phi) is 6.08. The van der Waals surface area contributed by atoms with Gasteiger partial charge in [-0.25, -0.2) is 0 Å². The van der Waals surface area contributed by atoms with E-state index in [1.807, 2.05) is 0 Å². The zero-order valence-electron chi connectivity index (χ0n) is 13.4. The SMILES string of the molecule is CCCNC(c1cnn(CCC)c1)C1CCC(CC)C1. The van der Waals surface area contributed by atoms with Crippen molar-refractivity contribution in [2.75, 3.05) is 6.54 Å². The van der Waals surface area contributed by atoms with Gasteiger partial charge in [0, 0.05) is 24.3 Å². The van der Waals surface area contributed by atoms with Gasteiger partial charge in [-0.3, -0.25) is 4.68 Å². The maximum atomic E-state index is 4.52. The van der Waals surface area contributed by atoms with Crippen molar-refractivity contribution in [1.29, 1.82) is 0 Å². The highest BCUT2D eigenvalue weighted by Gasteiger charge is 2.31. The second kappa shape index (κ2) is 7.82. The molecule has 1 heterocycles. The first-order valence-electron chi connectivity index (χ1n) is 8.54. The summed E-state index contributed by atoms with van der Waals surface area (Å²) >= 11 is 0. The normalized spacial score (nSPS) is 24.1. The minimum absolute atomic E-state index is 0.511. The van der Waals surface area contributed by atoms with Gasteiger partial charge in [0.2, 0.25) is 0 Å². The third-order valence-corrected chi connectivity index (χ3v) is 4.71. The fourth-order valence-electron chi connectivity index (χ4n) is 3.54. The molecule has 114 valence electrons. The van der Waals surface area contributed by atoms with Crippen LogP contribution >= 0.6 is 0 Å². The van der Waals surface area contributed by atoms with Crippen molar-refractivity contribution in [3.8, 4) is 0 Å². The minimum atomic E-state index is 0.511. The summed E-state index contributed by atoms with van der Waals surface area (Å²) in [6, 6.07) is 0.511. The van der Waals surface area contributed by atoms with Crippen molar-refractivity contribution in [2.24, 2.45) is 11.8 Å². The summed E-state index contributed by atoms with van der Waals surface area (Å²) in [7, 11) is 0. The van der Waals surface area contributed by atoms with Crippen LogP contribution in [0, 0.1) is 11.8 Å². The van der Waals surface area contributed by atoms with Gasteiger partial charge in [0.15, 0.2) is 0 Å². The summed E-state index contributed by atoms with van der Waals surface area (Å²) in [5, 5.41) is 8.30. The molecule has 1 aliphatic rings. The van der Waals surface area contributed by atoms with Crippen molar-refractivity contribution in [3.63, 3.8) is 0 Å². The number of aryl methyl sites for hydroxylation is 1. The lowest BCUT2D eigenvalue weighted by molar-refractivity contribution is 0.353. The molecule has 3 heteroatoms. The molecule has 1 aromatic heterocycles. The predicted octanol–water partition coefficient (Wildman–Crippen LogP) is 4.16. The van der Waals surface area contributed by atoms with E-state index < -0.39 is 0 Å². The lowest BCUT2D eigenvalue weighted by atomic mass is 9.92. The molecule has 0 aliphatic heterocycles. The average molecular weight is 277 g/mol. The molecule has 2 rings (SSSR count). The lowest BCUT2D eigenvalue weighted by Crippen LogP contribution is -2.27. The van der Waals surface area contributed by atoms with Crippen molar-refractivity contribution in [3.05, 3.63) is 18.0 Å². The van der Waals surface area contributed by atoms with Gasteiger partial charge in [0.05, 0.1) is 6.20 Å². The Bertz CT molecular complexity index is 385. The van der Waals surface area contributed by atoms with E-state index >= 15 is 0 Å². The highest BCUT2D eigenvalue weighted by atomic mass is 15.3. The number of nitrogens with zero attached hydrogens (tertiary/aromatic N) is 2. The molecule has 0 spiro atoms. The lowest BCUT2D eigenvalue weighted by Gasteiger charge is -2.24. The van der Waals surface area contributed by atoms with Crippen LogP contribution in [-0.2, 0) is 6.54 Å². The van der Waals surface area contributed by atoms with Crippen LogP contribution in [0.25, 0.3) is 0 Å². The molecule has 0 amide bonds. The molecule has 0 radical (unpaired) electrons. The standard InChI is InChI=1S/C17H31N3/c1-4-9-18-17(15-8-7-14(6-3)11-15)16-12-19-20(13-16)10-5-2/h12-15,17-18H,4-11H2,1-3H3. The number of hydrogen-bond donors (Lipinski definition) is 1. The number of hydrogen-bond acceptors (Lipinski definition) is 2. The molecule has 3 unspecified atom stereocenters. The zero-order chi connectivity index (χ0) is 14.4. The van der Waals surface area contributed by atoms with Crippen LogP contribution in [0.3, 0.4) is 0 Å². The first-order chi connectivity index (χ1) is 9.78. The maximum absolute atomic E-state index is 4.52. The van der Waals surface area contributed by atoms with Crippen LogP contribution in [0.15, 0.2) is 12.4 Å². The van der Waals surface area contributed by atoms with Crippen LogP contribution < -0.4 is 5.32 Å². The Morgan fingerprint density at radius 1 is 1.30 bits per heavy atom. The topological polar surface area (TPSA) is 29.9 Å². The molecule has 3 nitrogen and oxygen atoms in total. The van der Waals surface area contributed by atoms with Gasteiger partial charge in [0.1, 0.15) is 0 Å². The Balaban J connectivity index is 2.05. The summed E-state index contributed by atoms with van der Waals surface area (Å²) in [5.41, 5.74) is 1.40. The molecule has 0 bridgehead atoms. The van der Waals surface area contributed by atoms with E-state index in [-0.39, 0.29) is 0 Å². The van der Waals surface area contributed by atoms with E-state index in [1.54, 1.807) is 0 Å². The summed E-state index contributed by atoms with van der Waals surface area (Å²) in [6.07, 6.45) is 12.2. The van der Waals surface area contributed by atoms with E-state index in [4.69, 9.17) is 0 Å². The highest BCUT2D eigenvalue weighted by Crippen LogP contribution is 2.40. The molecule has 1 aromatic rings. The van der Waals surface area contributed by atoms with E-state index in [0.29, 0.717) is 6.04 Å². The van der Waals surface area contributed by atoms with Crippen LogP contribution in [-0.4, -0.2) is 16.3 Å².